The van der Waals surface area contributed by atoms with Crippen molar-refractivity contribution >= 4 is 92.1 Å². The van der Waals surface area contributed by atoms with Crippen molar-refractivity contribution in [2.75, 3.05) is 0 Å². The van der Waals surface area contributed by atoms with Gasteiger partial charge < -0.3 is 4.57 Å². The zero-order valence-corrected chi connectivity index (χ0v) is 28.0. The van der Waals surface area contributed by atoms with Gasteiger partial charge in [-0.2, -0.15) is 0 Å². The minimum Gasteiger partial charge on any atom is -0.309 e. The first-order chi connectivity index (χ1) is 25.7. The Morgan fingerprint density at radius 3 is 1.52 bits per heavy atom. The van der Waals surface area contributed by atoms with E-state index < -0.39 is 0 Å². The fraction of sp³-hybridized carbons (Fsp3) is 0. The standard InChI is InChI=1S/C49H28N2O/c52-49-40-19-6-4-15-34(40)38-20-11-21-39-42-26-29(24-25-46(42)51(49)48(38)39)41-27-30(50-44-22-9-7-16-35(44)36-17-8-10-23-45(36)50)28-43-33-14-2-1-12-31(33)32-13-3-5-18-37(32)47(41)43/h1-28H. The Hall–Kier alpha value is -6.97. The van der Waals surface area contributed by atoms with E-state index >= 15 is 0 Å². The van der Waals surface area contributed by atoms with Crippen molar-refractivity contribution in [2.24, 2.45) is 0 Å². The van der Waals surface area contributed by atoms with Gasteiger partial charge in [0.25, 0.3) is 5.56 Å². The van der Waals surface area contributed by atoms with Gasteiger partial charge in [0.2, 0.25) is 0 Å². The molecule has 0 bridgehead atoms. The van der Waals surface area contributed by atoms with E-state index in [1.54, 1.807) is 0 Å². The van der Waals surface area contributed by atoms with E-state index in [0.717, 1.165) is 49.2 Å². The first-order valence-electron chi connectivity index (χ1n) is 17.8. The fourth-order valence-corrected chi connectivity index (χ4v) is 9.27. The van der Waals surface area contributed by atoms with Gasteiger partial charge in [0, 0.05) is 38.0 Å². The highest BCUT2D eigenvalue weighted by Gasteiger charge is 2.21. The number of benzene rings is 9. The van der Waals surface area contributed by atoms with Gasteiger partial charge >= 0.3 is 0 Å². The molecule has 12 rings (SSSR count). The van der Waals surface area contributed by atoms with Crippen molar-refractivity contribution in [1.82, 2.24) is 8.97 Å². The van der Waals surface area contributed by atoms with Crippen molar-refractivity contribution < 1.29 is 0 Å². The number of fused-ring (bicyclic) bond motifs is 14. The topological polar surface area (TPSA) is 26.4 Å². The van der Waals surface area contributed by atoms with Crippen LogP contribution in [0.25, 0.3) is 109 Å². The molecule has 12 aromatic rings. The zero-order chi connectivity index (χ0) is 34.1. The van der Waals surface area contributed by atoms with Gasteiger partial charge in [0.1, 0.15) is 0 Å². The second kappa shape index (κ2) is 10.1. The molecule has 3 heteroatoms. The second-order valence-corrected chi connectivity index (χ2v) is 14.0. The molecule has 0 atom stereocenters. The molecule has 0 spiro atoms. The normalized spacial score (nSPS) is 12.3. The van der Waals surface area contributed by atoms with Crippen molar-refractivity contribution in [2.45, 2.75) is 0 Å². The minimum absolute atomic E-state index is 0.0262. The van der Waals surface area contributed by atoms with Crippen LogP contribution in [0.15, 0.2) is 175 Å². The average Bonchev–Trinajstić information content (AvgIpc) is 3.73. The number of aromatic nitrogens is 2. The lowest BCUT2D eigenvalue weighted by Crippen LogP contribution is -2.12. The number of hydrogen-bond donors (Lipinski definition) is 0. The summed E-state index contributed by atoms with van der Waals surface area (Å²) >= 11 is 0. The number of nitrogens with zero attached hydrogens (tertiary/aromatic N) is 2. The molecule has 52 heavy (non-hydrogen) atoms. The van der Waals surface area contributed by atoms with Crippen molar-refractivity contribution in [3.63, 3.8) is 0 Å². The Morgan fingerprint density at radius 2 is 0.846 bits per heavy atom. The summed E-state index contributed by atoms with van der Waals surface area (Å²) < 4.78 is 4.36. The Balaban J connectivity index is 1.26. The SMILES string of the molecule is O=c1c2ccccc2c2cccc3c4cc(-c5cc(-n6c7ccccc7c7ccccc76)cc6c7ccccc7c7ccccc7c56)ccc4n1c23. The highest BCUT2D eigenvalue weighted by molar-refractivity contribution is 6.29. The van der Waals surface area contributed by atoms with Gasteiger partial charge in [0.05, 0.1) is 22.1 Å². The quantitative estimate of drug-likeness (QED) is 0.170. The second-order valence-electron chi connectivity index (χ2n) is 14.0. The molecular weight excluding hydrogens is 633 g/mol. The van der Waals surface area contributed by atoms with Crippen molar-refractivity contribution in [3.8, 4) is 16.8 Å². The number of para-hydroxylation sites is 3. The van der Waals surface area contributed by atoms with Gasteiger partial charge in [-0.15, -0.1) is 0 Å². The predicted molar refractivity (Wildman–Crippen MR) is 220 cm³/mol. The lowest BCUT2D eigenvalue weighted by atomic mass is 9.88. The Labute approximate surface area is 297 Å². The molecular formula is C49H28N2O. The molecule has 0 unspecified atom stereocenters. The van der Waals surface area contributed by atoms with Gasteiger partial charge in [-0.3, -0.25) is 9.20 Å². The van der Waals surface area contributed by atoms with E-state index in [1.165, 1.54) is 59.7 Å². The van der Waals surface area contributed by atoms with E-state index in [0.29, 0.717) is 0 Å². The first kappa shape index (κ1) is 27.8. The van der Waals surface area contributed by atoms with Crippen LogP contribution in [0.1, 0.15) is 0 Å². The van der Waals surface area contributed by atoms with E-state index in [2.05, 4.69) is 156 Å². The molecule has 0 N–H and O–H groups in total. The van der Waals surface area contributed by atoms with E-state index in [4.69, 9.17) is 0 Å². The Kier molecular flexibility index (Phi) is 5.38. The van der Waals surface area contributed by atoms with E-state index in [-0.39, 0.29) is 5.56 Å². The van der Waals surface area contributed by atoms with Crippen LogP contribution in [0.4, 0.5) is 0 Å². The largest absolute Gasteiger partial charge is 0.309 e. The third kappa shape index (κ3) is 3.52. The maximum Gasteiger partial charge on any atom is 0.263 e. The maximum absolute atomic E-state index is 14.1. The third-order valence-corrected chi connectivity index (χ3v) is 11.4. The minimum atomic E-state index is 0.0262. The average molecular weight is 661 g/mol. The zero-order valence-electron chi connectivity index (χ0n) is 28.0. The number of hydrogen-bond acceptors (Lipinski definition) is 1. The number of rotatable bonds is 2. The fourth-order valence-electron chi connectivity index (χ4n) is 9.27. The molecule has 3 heterocycles. The highest BCUT2D eigenvalue weighted by atomic mass is 16.1. The van der Waals surface area contributed by atoms with Crippen molar-refractivity contribution in [3.05, 3.63) is 180 Å². The van der Waals surface area contributed by atoms with Gasteiger partial charge in [-0.05, 0) is 91.3 Å². The molecule has 3 aromatic heterocycles. The van der Waals surface area contributed by atoms with Crippen molar-refractivity contribution in [1.29, 1.82) is 0 Å². The summed E-state index contributed by atoms with van der Waals surface area (Å²) in [5, 5.41) is 14.9. The maximum atomic E-state index is 14.1. The molecule has 0 aliphatic rings. The van der Waals surface area contributed by atoms with Crippen LogP contribution < -0.4 is 5.56 Å². The van der Waals surface area contributed by atoms with Gasteiger partial charge in [-0.25, -0.2) is 0 Å². The third-order valence-electron chi connectivity index (χ3n) is 11.4. The lowest BCUT2D eigenvalue weighted by Gasteiger charge is -2.18. The van der Waals surface area contributed by atoms with Gasteiger partial charge in [0.15, 0.2) is 0 Å². The van der Waals surface area contributed by atoms with Crippen LogP contribution in [-0.4, -0.2) is 8.97 Å². The molecule has 0 aliphatic carbocycles. The Morgan fingerprint density at radius 1 is 0.346 bits per heavy atom. The van der Waals surface area contributed by atoms with Crippen LogP contribution in [0.2, 0.25) is 0 Å². The molecule has 0 saturated heterocycles. The predicted octanol–water partition coefficient (Wildman–Crippen LogP) is 12.4. The summed E-state index contributed by atoms with van der Waals surface area (Å²) in [6.45, 7) is 0. The summed E-state index contributed by atoms with van der Waals surface area (Å²) in [6, 6.07) is 60.9. The Bertz CT molecular complexity index is 3500. The van der Waals surface area contributed by atoms with Gasteiger partial charge in [-0.1, -0.05) is 127 Å². The lowest BCUT2D eigenvalue weighted by molar-refractivity contribution is 1.19. The summed E-state index contributed by atoms with van der Waals surface area (Å²) in [7, 11) is 0. The summed E-state index contributed by atoms with van der Waals surface area (Å²) in [6.07, 6.45) is 0. The summed E-state index contributed by atoms with van der Waals surface area (Å²) in [4.78, 5) is 14.1. The highest BCUT2D eigenvalue weighted by Crippen LogP contribution is 2.44. The van der Waals surface area contributed by atoms with Crippen LogP contribution >= 0.6 is 0 Å². The van der Waals surface area contributed by atoms with Crippen LogP contribution in [0.5, 0.6) is 0 Å². The summed E-state index contributed by atoms with van der Waals surface area (Å²) in [5.41, 5.74) is 7.71. The number of pyridine rings is 1. The molecule has 0 radical (unpaired) electrons. The van der Waals surface area contributed by atoms with Crippen LogP contribution in [-0.2, 0) is 0 Å². The first-order valence-corrected chi connectivity index (χ1v) is 17.8. The van der Waals surface area contributed by atoms with Crippen LogP contribution in [0, 0.1) is 0 Å². The molecule has 0 saturated carbocycles. The molecule has 0 fully saturated rings. The van der Waals surface area contributed by atoms with E-state index in [9.17, 15) is 4.79 Å². The smallest absolute Gasteiger partial charge is 0.263 e. The molecule has 240 valence electrons. The molecule has 3 nitrogen and oxygen atoms in total. The monoisotopic (exact) mass is 660 g/mol. The molecule has 0 aliphatic heterocycles. The molecule has 0 amide bonds. The van der Waals surface area contributed by atoms with Crippen LogP contribution in [0.3, 0.4) is 0 Å². The summed E-state index contributed by atoms with van der Waals surface area (Å²) in [5.74, 6) is 0. The molecule has 9 aromatic carbocycles. The van der Waals surface area contributed by atoms with E-state index in [1.807, 2.05) is 22.6 Å².